The molecule has 2 heterocycles. The predicted octanol–water partition coefficient (Wildman–Crippen LogP) is 2.25. The van der Waals surface area contributed by atoms with Gasteiger partial charge in [0.05, 0.1) is 5.56 Å². The van der Waals surface area contributed by atoms with Crippen molar-refractivity contribution >= 4 is 5.82 Å². The van der Waals surface area contributed by atoms with Crippen LogP contribution in [0.5, 0.6) is 0 Å². The molecule has 0 saturated carbocycles. The van der Waals surface area contributed by atoms with Crippen LogP contribution in [-0.4, -0.2) is 17.6 Å². The maximum Gasteiger partial charge on any atom is 0.146 e. The molecule has 0 amide bonds. The Morgan fingerprint density at radius 1 is 1.60 bits per heavy atom. The number of aryl methyl sites for hydroxylation is 1. The van der Waals surface area contributed by atoms with E-state index < -0.39 is 0 Å². The largest absolute Gasteiger partial charge is 0.353 e. The topological polar surface area (TPSA) is 39.9 Å². The maximum atomic E-state index is 9.13. The van der Waals surface area contributed by atoms with Gasteiger partial charge in [-0.15, -0.1) is 0 Å². The second-order valence-electron chi connectivity index (χ2n) is 4.12. The number of anilines is 1. The van der Waals surface area contributed by atoms with E-state index in [2.05, 4.69) is 22.9 Å². The molecule has 0 bridgehead atoms. The molecule has 1 aliphatic rings. The molecule has 1 aromatic rings. The van der Waals surface area contributed by atoms with Crippen LogP contribution in [0.1, 0.15) is 30.9 Å². The summed E-state index contributed by atoms with van der Waals surface area (Å²) >= 11 is 0. The minimum absolute atomic E-state index is 0.506. The lowest BCUT2D eigenvalue weighted by atomic mass is 10.1. The van der Waals surface area contributed by atoms with E-state index in [9.17, 15) is 0 Å². The highest BCUT2D eigenvalue weighted by atomic mass is 15.2. The molecule has 1 aliphatic heterocycles. The predicted molar refractivity (Wildman–Crippen MR) is 59.7 cm³/mol. The van der Waals surface area contributed by atoms with Crippen molar-refractivity contribution in [2.75, 3.05) is 11.4 Å². The summed E-state index contributed by atoms with van der Waals surface area (Å²) in [6, 6.07) is 4.65. The highest BCUT2D eigenvalue weighted by Gasteiger charge is 2.24. The molecule has 2 rings (SSSR count). The maximum absolute atomic E-state index is 9.13. The van der Waals surface area contributed by atoms with Gasteiger partial charge in [0.25, 0.3) is 0 Å². The number of rotatable bonds is 1. The second kappa shape index (κ2) is 3.90. The van der Waals surface area contributed by atoms with Crippen LogP contribution in [0.25, 0.3) is 0 Å². The van der Waals surface area contributed by atoms with E-state index in [0.29, 0.717) is 6.04 Å². The molecule has 0 N–H and O–H groups in total. The van der Waals surface area contributed by atoms with Gasteiger partial charge in [0.1, 0.15) is 11.9 Å². The molecular formula is C12H15N3. The molecular weight excluding hydrogens is 186 g/mol. The number of nitrogens with zero attached hydrogens (tertiary/aromatic N) is 3. The minimum Gasteiger partial charge on any atom is -0.353 e. The van der Waals surface area contributed by atoms with Crippen molar-refractivity contribution in [1.29, 1.82) is 5.26 Å². The first-order valence-corrected chi connectivity index (χ1v) is 5.36. The molecule has 78 valence electrons. The van der Waals surface area contributed by atoms with Gasteiger partial charge >= 0.3 is 0 Å². The van der Waals surface area contributed by atoms with E-state index in [0.717, 1.165) is 23.5 Å². The van der Waals surface area contributed by atoms with Gasteiger partial charge in [-0.2, -0.15) is 5.26 Å². The molecule has 1 aromatic heterocycles. The van der Waals surface area contributed by atoms with Crippen molar-refractivity contribution in [2.45, 2.75) is 32.7 Å². The van der Waals surface area contributed by atoms with Crippen LogP contribution in [0.2, 0.25) is 0 Å². The molecule has 15 heavy (non-hydrogen) atoms. The summed E-state index contributed by atoms with van der Waals surface area (Å²) in [7, 11) is 0. The third-order valence-corrected chi connectivity index (χ3v) is 3.08. The molecule has 1 saturated heterocycles. The Balaban J connectivity index is 2.44. The third-order valence-electron chi connectivity index (χ3n) is 3.08. The van der Waals surface area contributed by atoms with E-state index in [1.165, 1.54) is 12.8 Å². The number of pyridine rings is 1. The fraction of sp³-hybridized carbons (Fsp3) is 0.500. The van der Waals surface area contributed by atoms with Crippen molar-refractivity contribution < 1.29 is 0 Å². The third kappa shape index (κ3) is 1.68. The first kappa shape index (κ1) is 9.97. The SMILES string of the molecule is Cc1ccnc(N2CCCC2C)c1C#N. The summed E-state index contributed by atoms with van der Waals surface area (Å²) in [6.45, 7) is 5.18. The first-order chi connectivity index (χ1) is 7.24. The van der Waals surface area contributed by atoms with Gasteiger partial charge in [0.15, 0.2) is 0 Å². The second-order valence-corrected chi connectivity index (χ2v) is 4.12. The summed E-state index contributed by atoms with van der Waals surface area (Å²) < 4.78 is 0. The van der Waals surface area contributed by atoms with Crippen LogP contribution in [0.15, 0.2) is 12.3 Å². The van der Waals surface area contributed by atoms with Gasteiger partial charge in [-0.05, 0) is 38.3 Å². The Kier molecular flexibility index (Phi) is 2.59. The van der Waals surface area contributed by atoms with Gasteiger partial charge in [-0.3, -0.25) is 0 Å². The van der Waals surface area contributed by atoms with Crippen molar-refractivity contribution in [1.82, 2.24) is 4.98 Å². The van der Waals surface area contributed by atoms with E-state index in [-0.39, 0.29) is 0 Å². The number of nitriles is 1. The van der Waals surface area contributed by atoms with Crippen LogP contribution < -0.4 is 4.90 Å². The summed E-state index contributed by atoms with van der Waals surface area (Å²) in [5.74, 6) is 0.863. The van der Waals surface area contributed by atoms with Crippen LogP contribution in [0.3, 0.4) is 0 Å². The standard InChI is InChI=1S/C12H15N3/c1-9-5-6-14-12(11(9)8-13)15-7-3-4-10(15)2/h5-6,10H,3-4,7H2,1-2H3. The van der Waals surface area contributed by atoms with E-state index in [4.69, 9.17) is 5.26 Å². The van der Waals surface area contributed by atoms with Crippen LogP contribution >= 0.6 is 0 Å². The molecule has 0 aliphatic carbocycles. The van der Waals surface area contributed by atoms with Crippen molar-refractivity contribution in [2.24, 2.45) is 0 Å². The average molecular weight is 201 g/mol. The summed E-state index contributed by atoms with van der Waals surface area (Å²) in [5, 5.41) is 9.13. The summed E-state index contributed by atoms with van der Waals surface area (Å²) in [4.78, 5) is 6.59. The van der Waals surface area contributed by atoms with Crippen molar-refractivity contribution in [3.63, 3.8) is 0 Å². The normalized spacial score (nSPS) is 20.3. The van der Waals surface area contributed by atoms with E-state index in [1.807, 2.05) is 13.0 Å². The molecule has 3 heteroatoms. The molecule has 1 fully saturated rings. The Bertz CT molecular complexity index is 406. The zero-order valence-corrected chi connectivity index (χ0v) is 9.20. The molecule has 3 nitrogen and oxygen atoms in total. The minimum atomic E-state index is 0.506. The fourth-order valence-corrected chi connectivity index (χ4v) is 2.15. The lowest BCUT2D eigenvalue weighted by Crippen LogP contribution is -2.28. The summed E-state index contributed by atoms with van der Waals surface area (Å²) in [5.41, 5.74) is 1.74. The monoisotopic (exact) mass is 201 g/mol. The van der Waals surface area contributed by atoms with Gasteiger partial charge in [-0.25, -0.2) is 4.98 Å². The van der Waals surface area contributed by atoms with Crippen LogP contribution in [0.4, 0.5) is 5.82 Å². The Hall–Kier alpha value is -1.56. The Morgan fingerprint density at radius 3 is 3.00 bits per heavy atom. The highest BCUT2D eigenvalue weighted by Crippen LogP contribution is 2.27. The molecule has 0 aromatic carbocycles. The fourth-order valence-electron chi connectivity index (χ4n) is 2.15. The quantitative estimate of drug-likeness (QED) is 0.699. The Morgan fingerprint density at radius 2 is 2.40 bits per heavy atom. The number of hydrogen-bond acceptors (Lipinski definition) is 3. The van der Waals surface area contributed by atoms with Crippen LogP contribution in [-0.2, 0) is 0 Å². The van der Waals surface area contributed by atoms with Gasteiger partial charge in [0, 0.05) is 18.8 Å². The molecule has 1 atom stereocenters. The zero-order chi connectivity index (χ0) is 10.8. The number of aromatic nitrogens is 1. The van der Waals surface area contributed by atoms with Gasteiger partial charge in [-0.1, -0.05) is 0 Å². The van der Waals surface area contributed by atoms with Gasteiger partial charge < -0.3 is 4.90 Å². The average Bonchev–Trinajstić information content (AvgIpc) is 2.64. The van der Waals surface area contributed by atoms with Crippen molar-refractivity contribution in [3.8, 4) is 6.07 Å². The lowest BCUT2D eigenvalue weighted by Gasteiger charge is -2.23. The Labute approximate surface area is 90.4 Å². The smallest absolute Gasteiger partial charge is 0.146 e. The van der Waals surface area contributed by atoms with E-state index in [1.54, 1.807) is 6.20 Å². The lowest BCUT2D eigenvalue weighted by molar-refractivity contribution is 0.726. The zero-order valence-electron chi connectivity index (χ0n) is 9.20. The molecule has 0 spiro atoms. The number of hydrogen-bond donors (Lipinski definition) is 0. The van der Waals surface area contributed by atoms with Gasteiger partial charge in [0.2, 0.25) is 0 Å². The van der Waals surface area contributed by atoms with E-state index >= 15 is 0 Å². The molecule has 0 radical (unpaired) electrons. The first-order valence-electron chi connectivity index (χ1n) is 5.36. The molecule has 1 unspecified atom stereocenters. The van der Waals surface area contributed by atoms with Crippen LogP contribution in [0, 0.1) is 18.3 Å². The highest BCUT2D eigenvalue weighted by molar-refractivity contribution is 5.58. The van der Waals surface area contributed by atoms with Crippen molar-refractivity contribution in [3.05, 3.63) is 23.4 Å². The summed E-state index contributed by atoms with van der Waals surface area (Å²) in [6.07, 6.45) is 4.18.